The van der Waals surface area contributed by atoms with E-state index in [1.54, 1.807) is 22.4 Å². The molecule has 3 rings (SSSR count). The summed E-state index contributed by atoms with van der Waals surface area (Å²) >= 11 is 7.79. The van der Waals surface area contributed by atoms with Gasteiger partial charge in [-0.05, 0) is 60.7 Å². The van der Waals surface area contributed by atoms with E-state index in [9.17, 15) is 4.79 Å². The van der Waals surface area contributed by atoms with Gasteiger partial charge in [-0.1, -0.05) is 23.7 Å². The van der Waals surface area contributed by atoms with Crippen LogP contribution in [0.1, 0.15) is 16.0 Å². The number of hydrogen-bond donors (Lipinski definition) is 0. The number of rotatable bonds is 6. The molecule has 1 aromatic carbocycles. The van der Waals surface area contributed by atoms with Crippen molar-refractivity contribution < 1.29 is 9.53 Å². The molecule has 26 heavy (non-hydrogen) atoms. The molecule has 0 radical (unpaired) electrons. The van der Waals surface area contributed by atoms with E-state index in [1.807, 2.05) is 61.7 Å². The van der Waals surface area contributed by atoms with Crippen molar-refractivity contribution in [2.24, 2.45) is 0 Å². The molecule has 0 bridgehead atoms. The lowest BCUT2D eigenvalue weighted by Crippen LogP contribution is -2.34. The van der Waals surface area contributed by atoms with Crippen molar-refractivity contribution >= 4 is 34.7 Å². The lowest BCUT2D eigenvalue weighted by molar-refractivity contribution is -0.120. The molecule has 3 aromatic rings. The van der Waals surface area contributed by atoms with Crippen LogP contribution < -0.4 is 9.64 Å². The number of thiophene rings is 1. The number of halogens is 1. The van der Waals surface area contributed by atoms with E-state index in [0.29, 0.717) is 18.1 Å². The Morgan fingerprint density at radius 1 is 1.19 bits per heavy atom. The Morgan fingerprint density at radius 3 is 2.58 bits per heavy atom. The predicted molar refractivity (Wildman–Crippen MR) is 106 cm³/mol. The minimum Gasteiger partial charge on any atom is -0.484 e. The Hall–Kier alpha value is -2.37. The average molecular weight is 387 g/mol. The molecule has 0 fully saturated rings. The van der Waals surface area contributed by atoms with Gasteiger partial charge in [0, 0.05) is 16.1 Å². The summed E-state index contributed by atoms with van der Waals surface area (Å²) in [7, 11) is 0. The van der Waals surface area contributed by atoms with Crippen LogP contribution in [0.4, 0.5) is 5.82 Å². The molecule has 4 nitrogen and oxygen atoms in total. The van der Waals surface area contributed by atoms with Crippen molar-refractivity contribution in [2.45, 2.75) is 20.4 Å². The molecule has 2 heterocycles. The number of amides is 1. The second kappa shape index (κ2) is 8.34. The zero-order chi connectivity index (χ0) is 18.5. The lowest BCUT2D eigenvalue weighted by Gasteiger charge is -2.21. The summed E-state index contributed by atoms with van der Waals surface area (Å²) in [6, 6.07) is 13.2. The molecule has 2 aromatic heterocycles. The van der Waals surface area contributed by atoms with Gasteiger partial charge in [0.15, 0.2) is 6.61 Å². The van der Waals surface area contributed by atoms with Crippen LogP contribution in [0.15, 0.2) is 54.0 Å². The summed E-state index contributed by atoms with van der Waals surface area (Å²) in [5.74, 6) is 1.09. The maximum absolute atomic E-state index is 12.8. The fourth-order valence-corrected chi connectivity index (χ4v) is 3.38. The molecule has 6 heteroatoms. The van der Waals surface area contributed by atoms with Gasteiger partial charge in [-0.2, -0.15) is 0 Å². The van der Waals surface area contributed by atoms with E-state index in [4.69, 9.17) is 16.3 Å². The SMILES string of the molecule is Cc1cc(OCC(=O)N(Cc2cccs2)c2ccccn2)cc(C)c1Cl. The summed E-state index contributed by atoms with van der Waals surface area (Å²) in [5, 5.41) is 2.71. The molecular formula is C20H19ClN2O2S. The van der Waals surface area contributed by atoms with Crippen molar-refractivity contribution in [1.82, 2.24) is 4.98 Å². The quantitative estimate of drug-likeness (QED) is 0.597. The zero-order valence-electron chi connectivity index (χ0n) is 14.6. The van der Waals surface area contributed by atoms with E-state index in [1.165, 1.54) is 0 Å². The molecule has 0 N–H and O–H groups in total. The number of nitrogens with zero attached hydrogens (tertiary/aromatic N) is 2. The highest BCUT2D eigenvalue weighted by Gasteiger charge is 2.18. The average Bonchev–Trinajstić information content (AvgIpc) is 3.16. The van der Waals surface area contributed by atoms with Gasteiger partial charge < -0.3 is 4.74 Å². The molecule has 0 aliphatic heterocycles. The Morgan fingerprint density at radius 2 is 1.96 bits per heavy atom. The number of carbonyl (C=O) groups is 1. The molecule has 0 saturated carbocycles. The minimum atomic E-state index is -0.151. The number of aromatic nitrogens is 1. The Labute approximate surface area is 162 Å². The molecule has 0 unspecified atom stereocenters. The topological polar surface area (TPSA) is 42.4 Å². The number of benzene rings is 1. The van der Waals surface area contributed by atoms with Crippen LogP contribution in [0, 0.1) is 13.8 Å². The summed E-state index contributed by atoms with van der Waals surface area (Å²) in [5.41, 5.74) is 1.85. The molecule has 0 aliphatic rings. The van der Waals surface area contributed by atoms with Gasteiger partial charge in [0.05, 0.1) is 6.54 Å². The van der Waals surface area contributed by atoms with E-state index < -0.39 is 0 Å². The van der Waals surface area contributed by atoms with Crippen LogP contribution in [0.5, 0.6) is 5.75 Å². The maximum atomic E-state index is 12.8. The summed E-state index contributed by atoms with van der Waals surface area (Å²) < 4.78 is 5.73. The Kier molecular flexibility index (Phi) is 5.91. The first-order chi connectivity index (χ1) is 12.5. The first kappa shape index (κ1) is 18.4. The molecule has 134 valence electrons. The third-order valence-corrected chi connectivity index (χ3v) is 5.35. The normalized spacial score (nSPS) is 10.6. The zero-order valence-corrected chi connectivity index (χ0v) is 16.2. The highest BCUT2D eigenvalue weighted by atomic mass is 35.5. The van der Waals surface area contributed by atoms with Gasteiger partial charge in [0.25, 0.3) is 5.91 Å². The van der Waals surface area contributed by atoms with E-state index >= 15 is 0 Å². The van der Waals surface area contributed by atoms with E-state index in [0.717, 1.165) is 21.0 Å². The minimum absolute atomic E-state index is 0.0670. The lowest BCUT2D eigenvalue weighted by atomic mass is 10.1. The monoisotopic (exact) mass is 386 g/mol. The van der Waals surface area contributed by atoms with E-state index in [-0.39, 0.29) is 12.5 Å². The number of anilines is 1. The standard InChI is InChI=1S/C20H19ClN2O2S/c1-14-10-16(11-15(2)20(14)21)25-13-19(24)23(12-17-6-5-9-26-17)18-7-3-4-8-22-18/h3-11H,12-13H2,1-2H3. The van der Waals surface area contributed by atoms with Gasteiger partial charge >= 0.3 is 0 Å². The number of hydrogen-bond acceptors (Lipinski definition) is 4. The number of carbonyl (C=O) groups excluding carboxylic acids is 1. The second-order valence-electron chi connectivity index (χ2n) is 5.91. The summed E-state index contributed by atoms with van der Waals surface area (Å²) in [6.07, 6.45) is 1.68. The van der Waals surface area contributed by atoms with Gasteiger partial charge in [-0.15, -0.1) is 11.3 Å². The van der Waals surface area contributed by atoms with Gasteiger partial charge in [-0.3, -0.25) is 9.69 Å². The fraction of sp³-hybridized carbons (Fsp3) is 0.200. The van der Waals surface area contributed by atoms with Crippen molar-refractivity contribution in [3.8, 4) is 5.75 Å². The molecule has 0 aliphatic carbocycles. The van der Waals surface area contributed by atoms with Gasteiger partial charge in [-0.25, -0.2) is 4.98 Å². The van der Waals surface area contributed by atoms with Crippen LogP contribution in [0.25, 0.3) is 0 Å². The van der Waals surface area contributed by atoms with Gasteiger partial charge in [0.2, 0.25) is 0 Å². The van der Waals surface area contributed by atoms with Crippen LogP contribution in [0.3, 0.4) is 0 Å². The van der Waals surface area contributed by atoms with E-state index in [2.05, 4.69) is 4.98 Å². The van der Waals surface area contributed by atoms with Crippen molar-refractivity contribution in [3.05, 3.63) is 75.1 Å². The number of pyridine rings is 1. The Balaban J connectivity index is 1.75. The van der Waals surface area contributed by atoms with Crippen LogP contribution in [-0.4, -0.2) is 17.5 Å². The largest absolute Gasteiger partial charge is 0.484 e. The Bertz CT molecular complexity index is 859. The van der Waals surface area contributed by atoms with Crippen LogP contribution >= 0.6 is 22.9 Å². The second-order valence-corrected chi connectivity index (χ2v) is 7.32. The van der Waals surface area contributed by atoms with Gasteiger partial charge in [0.1, 0.15) is 11.6 Å². The first-order valence-electron chi connectivity index (χ1n) is 8.18. The van der Waals surface area contributed by atoms with Crippen molar-refractivity contribution in [3.63, 3.8) is 0 Å². The molecule has 0 atom stereocenters. The third kappa shape index (κ3) is 4.42. The molecule has 0 saturated heterocycles. The predicted octanol–water partition coefficient (Wildman–Crippen LogP) is 5.03. The highest BCUT2D eigenvalue weighted by molar-refractivity contribution is 7.09. The third-order valence-electron chi connectivity index (χ3n) is 3.89. The fourth-order valence-electron chi connectivity index (χ4n) is 2.58. The van der Waals surface area contributed by atoms with Crippen molar-refractivity contribution in [1.29, 1.82) is 0 Å². The van der Waals surface area contributed by atoms with Crippen LogP contribution in [0.2, 0.25) is 5.02 Å². The van der Waals surface area contributed by atoms with Crippen LogP contribution in [-0.2, 0) is 11.3 Å². The molecular weight excluding hydrogens is 368 g/mol. The number of ether oxygens (including phenoxy) is 1. The smallest absolute Gasteiger partial charge is 0.266 e. The van der Waals surface area contributed by atoms with Crippen molar-refractivity contribution in [2.75, 3.05) is 11.5 Å². The maximum Gasteiger partial charge on any atom is 0.266 e. The summed E-state index contributed by atoms with van der Waals surface area (Å²) in [6.45, 7) is 4.24. The molecule has 1 amide bonds. The highest BCUT2D eigenvalue weighted by Crippen LogP contribution is 2.26. The first-order valence-corrected chi connectivity index (χ1v) is 9.43. The summed E-state index contributed by atoms with van der Waals surface area (Å²) in [4.78, 5) is 19.9. The number of aryl methyl sites for hydroxylation is 2. The molecule has 0 spiro atoms.